The van der Waals surface area contributed by atoms with Crippen molar-refractivity contribution in [1.29, 1.82) is 0 Å². The predicted molar refractivity (Wildman–Crippen MR) is 168 cm³/mol. The molecular weight excluding hydrogens is 603 g/mol. The maximum atomic E-state index is 14.7. The summed E-state index contributed by atoms with van der Waals surface area (Å²) in [5.74, 6) is -1.48. The Hall–Kier alpha value is -4.68. The van der Waals surface area contributed by atoms with Gasteiger partial charge in [-0.1, -0.05) is 42.3 Å². The lowest BCUT2D eigenvalue weighted by Crippen LogP contribution is -2.30. The van der Waals surface area contributed by atoms with Gasteiger partial charge in [-0.2, -0.15) is 0 Å². The maximum absolute atomic E-state index is 14.7. The summed E-state index contributed by atoms with van der Waals surface area (Å²) in [5.41, 5.74) is 4.27. The van der Waals surface area contributed by atoms with Crippen molar-refractivity contribution in [1.82, 2.24) is 30.3 Å². The van der Waals surface area contributed by atoms with E-state index < -0.39 is 17.8 Å². The van der Waals surface area contributed by atoms with Gasteiger partial charge in [0.1, 0.15) is 5.69 Å². The van der Waals surface area contributed by atoms with Gasteiger partial charge in [0.15, 0.2) is 16.6 Å². The number of carbonyl (C=O) groups is 2. The van der Waals surface area contributed by atoms with E-state index in [4.69, 9.17) is 11.6 Å². The summed E-state index contributed by atoms with van der Waals surface area (Å²) in [5, 5.41) is 20.1. The molecule has 2 amide bonds. The maximum Gasteiger partial charge on any atom is 0.274 e. The fraction of sp³-hybridized carbons (Fsp3) is 0.226. The van der Waals surface area contributed by atoms with E-state index in [-0.39, 0.29) is 28.2 Å². The van der Waals surface area contributed by atoms with Gasteiger partial charge in [-0.15, -0.1) is 16.4 Å². The van der Waals surface area contributed by atoms with Crippen LogP contribution in [0.3, 0.4) is 0 Å². The van der Waals surface area contributed by atoms with E-state index >= 15 is 0 Å². The van der Waals surface area contributed by atoms with Crippen molar-refractivity contribution in [2.45, 2.75) is 39.2 Å². The molecule has 2 unspecified atom stereocenters. The third-order valence-electron chi connectivity index (χ3n) is 7.56. The quantitative estimate of drug-likeness (QED) is 0.194. The minimum absolute atomic E-state index is 0.0564. The van der Waals surface area contributed by atoms with Gasteiger partial charge in [-0.25, -0.2) is 14.1 Å². The van der Waals surface area contributed by atoms with E-state index in [0.29, 0.717) is 36.3 Å². The number of nitrogens with one attached hydrogen (secondary N) is 3. The van der Waals surface area contributed by atoms with E-state index in [9.17, 15) is 14.0 Å². The number of aromatic nitrogens is 5. The molecule has 13 heteroatoms. The molecule has 2 atom stereocenters. The van der Waals surface area contributed by atoms with Gasteiger partial charge in [-0.3, -0.25) is 14.6 Å². The Kier molecular flexibility index (Phi) is 8.36. The average molecular weight is 631 g/mol. The molecule has 5 aromatic rings. The molecule has 6 rings (SSSR count). The minimum Gasteiger partial charge on any atom is -0.342 e. The molecule has 44 heavy (non-hydrogen) atoms. The Balaban J connectivity index is 1.32. The molecule has 224 valence electrons. The first-order valence-corrected chi connectivity index (χ1v) is 15.3. The van der Waals surface area contributed by atoms with Crippen molar-refractivity contribution in [3.8, 4) is 16.8 Å². The molecule has 0 aliphatic carbocycles. The lowest BCUT2D eigenvalue weighted by atomic mass is 9.95. The lowest BCUT2D eigenvalue weighted by molar-refractivity contribution is -0.119. The molecule has 10 nitrogen and oxygen atoms in total. The minimum atomic E-state index is -0.654. The summed E-state index contributed by atoms with van der Waals surface area (Å²) in [6.45, 7) is 3.53. The second-order valence-electron chi connectivity index (χ2n) is 10.5. The Morgan fingerprint density at radius 1 is 1.14 bits per heavy atom. The molecule has 4 heterocycles. The van der Waals surface area contributed by atoms with Crippen LogP contribution in [0.2, 0.25) is 5.02 Å². The number of rotatable bonds is 5. The summed E-state index contributed by atoms with van der Waals surface area (Å²) in [7, 11) is 0. The molecule has 0 spiro atoms. The topological polar surface area (TPSA) is 127 Å². The van der Waals surface area contributed by atoms with Crippen LogP contribution in [0.5, 0.6) is 0 Å². The highest BCUT2D eigenvalue weighted by Crippen LogP contribution is 2.35. The van der Waals surface area contributed by atoms with Crippen molar-refractivity contribution in [3.05, 3.63) is 94.2 Å². The molecule has 0 fully saturated rings. The van der Waals surface area contributed by atoms with Crippen LogP contribution in [0.15, 0.2) is 66.3 Å². The summed E-state index contributed by atoms with van der Waals surface area (Å²) in [6.07, 6.45) is 5.21. The zero-order chi connectivity index (χ0) is 30.8. The smallest absolute Gasteiger partial charge is 0.274 e. The van der Waals surface area contributed by atoms with E-state index in [1.54, 1.807) is 25.4 Å². The summed E-state index contributed by atoms with van der Waals surface area (Å²) >= 11 is 7.44. The number of thiazole rings is 1. The van der Waals surface area contributed by atoms with Crippen LogP contribution in [0, 0.1) is 18.7 Å². The molecule has 3 aromatic heterocycles. The van der Waals surface area contributed by atoms with Crippen molar-refractivity contribution in [2.24, 2.45) is 5.92 Å². The van der Waals surface area contributed by atoms with E-state index in [0.717, 1.165) is 21.9 Å². The molecule has 1 aliphatic heterocycles. The standard InChI is InChI=1S/C31H28ClFN8O2S/c1-17-5-3-7-23(37-30(43)28-18(2)41(40-39-28)26-8-4-6-22(32)27(26)33)25-15-19(11-12-34-25)21-10-9-20(16-24(21)38-29(17)42)36-31-35-13-14-44-31/h4,6,8-17,23H,3,5,7H2,1-2H3,(H,35,36)(H,37,43)(H,38,42). The number of carbonyl (C=O) groups excluding carboxylic acids is 2. The van der Waals surface area contributed by atoms with Crippen LogP contribution in [0.4, 0.5) is 20.9 Å². The van der Waals surface area contributed by atoms with Gasteiger partial charge < -0.3 is 16.0 Å². The van der Waals surface area contributed by atoms with E-state index in [1.165, 1.54) is 28.2 Å². The Bertz CT molecular complexity index is 1840. The number of halogens is 2. The number of benzene rings is 2. The van der Waals surface area contributed by atoms with Gasteiger partial charge >= 0.3 is 0 Å². The second kappa shape index (κ2) is 12.5. The van der Waals surface area contributed by atoms with E-state index in [1.807, 2.05) is 42.6 Å². The third-order valence-corrected chi connectivity index (χ3v) is 8.54. The Morgan fingerprint density at radius 2 is 2.00 bits per heavy atom. The summed E-state index contributed by atoms with van der Waals surface area (Å²) in [6, 6.07) is 13.6. The highest BCUT2D eigenvalue weighted by Gasteiger charge is 2.25. The van der Waals surface area contributed by atoms with Gasteiger partial charge in [-0.05, 0) is 61.7 Å². The van der Waals surface area contributed by atoms with Crippen molar-refractivity contribution in [3.63, 3.8) is 0 Å². The van der Waals surface area contributed by atoms with Crippen LogP contribution >= 0.6 is 22.9 Å². The SMILES string of the molecule is Cc1c(C(=O)NC2CCCC(C)C(=O)Nc3cc(Nc4nccs4)ccc3-c3ccnc2c3)nnn1-c1cccc(Cl)c1F. The normalized spacial score (nSPS) is 16.7. The second-order valence-corrected chi connectivity index (χ2v) is 11.8. The highest BCUT2D eigenvalue weighted by atomic mass is 35.5. The van der Waals surface area contributed by atoms with Crippen LogP contribution < -0.4 is 16.0 Å². The van der Waals surface area contributed by atoms with Crippen molar-refractivity contribution < 1.29 is 14.0 Å². The number of anilines is 3. The summed E-state index contributed by atoms with van der Waals surface area (Å²) in [4.78, 5) is 35.6. The van der Waals surface area contributed by atoms with Gasteiger partial charge in [0, 0.05) is 34.9 Å². The fourth-order valence-corrected chi connectivity index (χ4v) is 5.87. The van der Waals surface area contributed by atoms with Crippen LogP contribution in [0.1, 0.15) is 54.1 Å². The average Bonchev–Trinajstić information content (AvgIpc) is 3.67. The molecule has 0 radical (unpaired) electrons. The predicted octanol–water partition coefficient (Wildman–Crippen LogP) is 6.86. The molecular formula is C31H28ClFN8O2S. The van der Waals surface area contributed by atoms with E-state index in [2.05, 4.69) is 36.2 Å². The van der Waals surface area contributed by atoms with Crippen molar-refractivity contribution in [2.75, 3.05) is 10.6 Å². The van der Waals surface area contributed by atoms with Crippen LogP contribution in [0.25, 0.3) is 16.8 Å². The number of fused-ring (bicyclic) bond motifs is 4. The van der Waals surface area contributed by atoms with Crippen LogP contribution in [-0.2, 0) is 4.79 Å². The number of hydrogen-bond acceptors (Lipinski definition) is 8. The lowest BCUT2D eigenvalue weighted by Gasteiger charge is -2.22. The fourth-order valence-electron chi connectivity index (χ4n) is 5.15. The molecule has 0 saturated carbocycles. The number of nitrogens with zero attached hydrogens (tertiary/aromatic N) is 5. The van der Waals surface area contributed by atoms with Crippen LogP contribution in [-0.4, -0.2) is 36.8 Å². The number of amides is 2. The highest BCUT2D eigenvalue weighted by molar-refractivity contribution is 7.13. The van der Waals surface area contributed by atoms with Crippen molar-refractivity contribution >= 4 is 51.3 Å². The number of pyridine rings is 1. The third kappa shape index (κ3) is 6.03. The first kappa shape index (κ1) is 29.4. The van der Waals surface area contributed by atoms with Gasteiger partial charge in [0.05, 0.1) is 28.1 Å². The molecule has 2 aromatic carbocycles. The zero-order valence-electron chi connectivity index (χ0n) is 23.8. The first-order chi connectivity index (χ1) is 21.3. The molecule has 1 aliphatic rings. The number of hydrogen-bond donors (Lipinski definition) is 3. The zero-order valence-corrected chi connectivity index (χ0v) is 25.4. The Morgan fingerprint density at radius 3 is 2.82 bits per heavy atom. The van der Waals surface area contributed by atoms with Gasteiger partial charge in [0.2, 0.25) is 5.91 Å². The Labute approximate surface area is 261 Å². The first-order valence-electron chi connectivity index (χ1n) is 14.0. The molecule has 0 saturated heterocycles. The van der Waals surface area contributed by atoms with Gasteiger partial charge in [0.25, 0.3) is 5.91 Å². The molecule has 3 N–H and O–H groups in total. The summed E-state index contributed by atoms with van der Waals surface area (Å²) < 4.78 is 16.0. The monoisotopic (exact) mass is 630 g/mol. The molecule has 2 bridgehead atoms. The largest absolute Gasteiger partial charge is 0.342 e.